The van der Waals surface area contributed by atoms with Gasteiger partial charge in [-0.2, -0.15) is 26.3 Å². The summed E-state index contributed by atoms with van der Waals surface area (Å²) in [4.78, 5) is 11.4. The van der Waals surface area contributed by atoms with Crippen LogP contribution in [0.5, 0.6) is 0 Å². The fourth-order valence-electron chi connectivity index (χ4n) is 1.25. The Bertz CT molecular complexity index is 451. The van der Waals surface area contributed by atoms with Crippen LogP contribution in [0.4, 0.5) is 26.3 Å². The SMILES string of the molecule is O=C(COC(C(F)(F)F)C(F)(F)F)c1ccc(Cl)cc1. The number of hydrogen-bond acceptors (Lipinski definition) is 2. The Kier molecular flexibility index (Phi) is 5.04. The maximum atomic E-state index is 12.1. The Balaban J connectivity index is 2.73. The van der Waals surface area contributed by atoms with E-state index in [1.807, 2.05) is 0 Å². The van der Waals surface area contributed by atoms with E-state index in [2.05, 4.69) is 4.74 Å². The minimum Gasteiger partial charge on any atom is -0.353 e. The van der Waals surface area contributed by atoms with E-state index < -0.39 is 30.8 Å². The number of rotatable bonds is 4. The zero-order valence-electron chi connectivity index (χ0n) is 9.56. The number of alkyl halides is 6. The summed E-state index contributed by atoms with van der Waals surface area (Å²) in [6.45, 7) is -1.34. The molecule has 0 amide bonds. The molecule has 0 aliphatic heterocycles. The number of hydrogen-bond donors (Lipinski definition) is 0. The second kappa shape index (κ2) is 6.01. The summed E-state index contributed by atoms with van der Waals surface area (Å²) in [5, 5.41) is 0.269. The molecule has 1 aromatic rings. The molecule has 0 aromatic heterocycles. The molecular formula is C11H7ClF6O2. The molecule has 0 bridgehead atoms. The topological polar surface area (TPSA) is 26.3 Å². The van der Waals surface area contributed by atoms with Gasteiger partial charge in [0.2, 0.25) is 6.10 Å². The van der Waals surface area contributed by atoms with Crippen LogP contribution >= 0.6 is 11.6 Å². The molecule has 0 N–H and O–H groups in total. The van der Waals surface area contributed by atoms with Gasteiger partial charge in [-0.25, -0.2) is 0 Å². The van der Waals surface area contributed by atoms with Crippen molar-refractivity contribution in [1.29, 1.82) is 0 Å². The molecule has 0 fully saturated rings. The van der Waals surface area contributed by atoms with Gasteiger partial charge in [-0.15, -0.1) is 0 Å². The second-order valence-corrected chi connectivity index (χ2v) is 4.14. The van der Waals surface area contributed by atoms with Crippen LogP contribution in [0.25, 0.3) is 0 Å². The average Bonchev–Trinajstić information content (AvgIpc) is 2.26. The second-order valence-electron chi connectivity index (χ2n) is 3.70. The molecule has 0 atom stereocenters. The van der Waals surface area contributed by atoms with Gasteiger partial charge in [0.15, 0.2) is 5.78 Å². The van der Waals surface area contributed by atoms with Crippen LogP contribution in [0.2, 0.25) is 5.02 Å². The van der Waals surface area contributed by atoms with Gasteiger partial charge in [0.05, 0.1) is 0 Å². The molecule has 112 valence electrons. The highest BCUT2D eigenvalue weighted by molar-refractivity contribution is 6.30. The van der Waals surface area contributed by atoms with Crippen molar-refractivity contribution in [3.8, 4) is 0 Å². The smallest absolute Gasteiger partial charge is 0.353 e. The largest absolute Gasteiger partial charge is 0.423 e. The van der Waals surface area contributed by atoms with Gasteiger partial charge in [-0.3, -0.25) is 4.79 Å². The third kappa shape index (κ3) is 4.68. The third-order valence-corrected chi connectivity index (χ3v) is 2.39. The van der Waals surface area contributed by atoms with Crippen molar-refractivity contribution in [3.63, 3.8) is 0 Å². The van der Waals surface area contributed by atoms with Crippen molar-refractivity contribution >= 4 is 17.4 Å². The van der Waals surface area contributed by atoms with E-state index in [0.29, 0.717) is 0 Å². The van der Waals surface area contributed by atoms with Crippen LogP contribution in [0.3, 0.4) is 0 Å². The lowest BCUT2D eigenvalue weighted by molar-refractivity contribution is -0.318. The number of ether oxygens (including phenoxy) is 1. The molecule has 0 aliphatic rings. The standard InChI is InChI=1S/C11H7ClF6O2/c12-7-3-1-6(2-4-7)8(19)5-20-9(10(13,14)15)11(16,17)18/h1-4,9H,5H2. The molecule has 2 nitrogen and oxygen atoms in total. The molecular weight excluding hydrogens is 314 g/mol. The van der Waals surface area contributed by atoms with E-state index >= 15 is 0 Å². The van der Waals surface area contributed by atoms with E-state index in [1.54, 1.807) is 0 Å². The molecule has 0 unspecified atom stereocenters. The number of ketones is 1. The van der Waals surface area contributed by atoms with Crippen LogP contribution in [0, 0.1) is 0 Å². The summed E-state index contributed by atoms with van der Waals surface area (Å²) >= 11 is 5.52. The fraction of sp³-hybridized carbons (Fsp3) is 0.364. The van der Waals surface area contributed by atoms with E-state index in [9.17, 15) is 31.1 Å². The monoisotopic (exact) mass is 320 g/mol. The quantitative estimate of drug-likeness (QED) is 0.618. The molecule has 1 rings (SSSR count). The molecule has 0 saturated heterocycles. The van der Waals surface area contributed by atoms with Crippen molar-refractivity contribution in [3.05, 3.63) is 34.9 Å². The molecule has 1 aromatic carbocycles. The number of carbonyl (C=O) groups is 1. The predicted octanol–water partition coefficient (Wildman–Crippen LogP) is 4.03. The zero-order chi connectivity index (χ0) is 15.6. The zero-order valence-corrected chi connectivity index (χ0v) is 10.3. The van der Waals surface area contributed by atoms with Crippen LogP contribution in [0.15, 0.2) is 24.3 Å². The van der Waals surface area contributed by atoms with Crippen molar-refractivity contribution in [1.82, 2.24) is 0 Å². The lowest BCUT2D eigenvalue weighted by Crippen LogP contribution is -2.45. The summed E-state index contributed by atoms with van der Waals surface area (Å²) in [6.07, 6.45) is -15.3. The van der Waals surface area contributed by atoms with Gasteiger partial charge in [-0.05, 0) is 24.3 Å². The number of carbonyl (C=O) groups excluding carboxylic acids is 1. The Morgan fingerprint density at radius 3 is 1.90 bits per heavy atom. The minimum atomic E-state index is -5.64. The highest BCUT2D eigenvalue weighted by Gasteiger charge is 2.58. The first kappa shape index (κ1) is 16.8. The first-order valence-electron chi connectivity index (χ1n) is 5.05. The normalized spacial score (nSPS) is 12.8. The molecule has 0 radical (unpaired) electrons. The predicted molar refractivity (Wildman–Crippen MR) is 57.6 cm³/mol. The molecule has 20 heavy (non-hydrogen) atoms. The summed E-state index contributed by atoms with van der Waals surface area (Å²) in [5.74, 6) is -1.01. The van der Waals surface area contributed by atoms with E-state index in [4.69, 9.17) is 11.6 Å². The highest BCUT2D eigenvalue weighted by atomic mass is 35.5. The van der Waals surface area contributed by atoms with Crippen molar-refractivity contribution in [2.45, 2.75) is 18.5 Å². The van der Waals surface area contributed by atoms with Crippen molar-refractivity contribution < 1.29 is 35.9 Å². The average molecular weight is 321 g/mol. The van der Waals surface area contributed by atoms with Crippen LogP contribution in [-0.2, 0) is 4.74 Å². The maximum Gasteiger partial charge on any atom is 0.423 e. The van der Waals surface area contributed by atoms with Gasteiger partial charge in [0.1, 0.15) is 6.61 Å². The third-order valence-electron chi connectivity index (χ3n) is 2.14. The molecule has 9 heteroatoms. The van der Waals surface area contributed by atoms with E-state index in [0.717, 1.165) is 0 Å². The summed E-state index contributed by atoms with van der Waals surface area (Å²) in [7, 11) is 0. The highest BCUT2D eigenvalue weighted by Crippen LogP contribution is 2.35. The number of halogens is 7. The summed E-state index contributed by atoms with van der Waals surface area (Å²) in [6, 6.07) is 4.90. The van der Waals surface area contributed by atoms with Gasteiger partial charge < -0.3 is 4.74 Å². The van der Waals surface area contributed by atoms with Crippen LogP contribution < -0.4 is 0 Å². The lowest BCUT2D eigenvalue weighted by Gasteiger charge is -2.22. The molecule has 0 heterocycles. The van der Waals surface area contributed by atoms with Gasteiger partial charge in [0.25, 0.3) is 0 Å². The van der Waals surface area contributed by atoms with Crippen LogP contribution in [0.1, 0.15) is 10.4 Å². The Hall–Kier alpha value is -1.28. The van der Waals surface area contributed by atoms with Gasteiger partial charge >= 0.3 is 12.4 Å². The van der Waals surface area contributed by atoms with Crippen molar-refractivity contribution in [2.75, 3.05) is 6.61 Å². The first-order valence-corrected chi connectivity index (χ1v) is 5.43. The van der Waals surface area contributed by atoms with E-state index in [-0.39, 0.29) is 10.6 Å². The molecule has 0 spiro atoms. The molecule has 0 aliphatic carbocycles. The van der Waals surface area contributed by atoms with E-state index in [1.165, 1.54) is 24.3 Å². The van der Waals surface area contributed by atoms with Crippen molar-refractivity contribution in [2.24, 2.45) is 0 Å². The Morgan fingerprint density at radius 1 is 1.05 bits per heavy atom. The first-order chi connectivity index (χ1) is 9.01. The summed E-state index contributed by atoms with van der Waals surface area (Å²) < 4.78 is 76.6. The fourth-order valence-corrected chi connectivity index (χ4v) is 1.38. The maximum absolute atomic E-state index is 12.1. The minimum absolute atomic E-state index is 0.0995. The summed E-state index contributed by atoms with van der Waals surface area (Å²) in [5.41, 5.74) is -0.0995. The van der Waals surface area contributed by atoms with Gasteiger partial charge in [-0.1, -0.05) is 11.6 Å². The molecule has 0 saturated carbocycles. The Labute approximate surface area is 114 Å². The van der Waals surface area contributed by atoms with Gasteiger partial charge in [0, 0.05) is 10.6 Å². The van der Waals surface area contributed by atoms with Crippen LogP contribution in [-0.4, -0.2) is 30.8 Å². The lowest BCUT2D eigenvalue weighted by atomic mass is 10.1. The Morgan fingerprint density at radius 2 is 1.50 bits per heavy atom. The number of Topliss-reactive ketones (excluding diaryl/α,β-unsaturated/α-hetero) is 1. The number of benzene rings is 1.